The normalized spacial score (nSPS) is 18.7. The van der Waals surface area contributed by atoms with E-state index in [0.717, 1.165) is 19.4 Å². The zero-order valence-electron chi connectivity index (χ0n) is 8.84. The molecule has 0 aliphatic heterocycles. The van der Waals surface area contributed by atoms with E-state index in [9.17, 15) is 4.79 Å². The minimum Gasteiger partial charge on any atom is -0.372 e. The minimum absolute atomic E-state index is 0.289. The Morgan fingerprint density at radius 1 is 1.46 bits per heavy atom. The third-order valence-corrected chi connectivity index (χ3v) is 2.79. The molecule has 0 heterocycles. The van der Waals surface area contributed by atoms with Gasteiger partial charge in [-0.25, -0.2) is 0 Å². The fraction of sp³-hybridized carbons (Fsp3) is 0.727. The van der Waals surface area contributed by atoms with Crippen molar-refractivity contribution < 1.29 is 4.79 Å². The van der Waals surface area contributed by atoms with E-state index in [0.29, 0.717) is 12.5 Å². The summed E-state index contributed by atoms with van der Waals surface area (Å²) >= 11 is 0. The summed E-state index contributed by atoms with van der Waals surface area (Å²) in [6.45, 7) is 7.56. The van der Waals surface area contributed by atoms with Crippen LogP contribution in [0.4, 0.5) is 0 Å². The SMILES string of the molecule is CCC(C)N(CC)C1=CC(=O)CC1. The molecular weight excluding hydrogens is 162 g/mol. The van der Waals surface area contributed by atoms with Crippen LogP contribution < -0.4 is 0 Å². The molecule has 74 valence electrons. The van der Waals surface area contributed by atoms with Gasteiger partial charge in [-0.15, -0.1) is 0 Å². The molecule has 0 fully saturated rings. The Morgan fingerprint density at radius 2 is 2.15 bits per heavy atom. The molecule has 0 amide bonds. The lowest BCUT2D eigenvalue weighted by Crippen LogP contribution is -2.31. The van der Waals surface area contributed by atoms with Gasteiger partial charge in [0, 0.05) is 30.8 Å². The van der Waals surface area contributed by atoms with Gasteiger partial charge in [0.25, 0.3) is 0 Å². The number of ketones is 1. The van der Waals surface area contributed by atoms with Gasteiger partial charge in [0.05, 0.1) is 0 Å². The van der Waals surface area contributed by atoms with Crippen LogP contribution in [0, 0.1) is 0 Å². The van der Waals surface area contributed by atoms with Crippen molar-refractivity contribution in [2.24, 2.45) is 0 Å². The Morgan fingerprint density at radius 3 is 2.54 bits per heavy atom. The van der Waals surface area contributed by atoms with Gasteiger partial charge in [-0.3, -0.25) is 4.79 Å². The highest BCUT2D eigenvalue weighted by molar-refractivity contribution is 5.92. The van der Waals surface area contributed by atoms with E-state index < -0.39 is 0 Å². The van der Waals surface area contributed by atoms with Crippen LogP contribution in [0.2, 0.25) is 0 Å². The van der Waals surface area contributed by atoms with Gasteiger partial charge in [-0.1, -0.05) is 6.92 Å². The lowest BCUT2D eigenvalue weighted by molar-refractivity contribution is -0.114. The molecule has 0 aromatic rings. The first-order valence-corrected chi connectivity index (χ1v) is 5.19. The number of rotatable bonds is 4. The second-order valence-electron chi connectivity index (χ2n) is 3.65. The van der Waals surface area contributed by atoms with Crippen molar-refractivity contribution in [1.82, 2.24) is 4.90 Å². The van der Waals surface area contributed by atoms with Crippen LogP contribution in [0.15, 0.2) is 11.8 Å². The molecule has 0 bridgehead atoms. The average Bonchev–Trinajstić information content (AvgIpc) is 2.53. The maximum absolute atomic E-state index is 11.1. The third-order valence-electron chi connectivity index (χ3n) is 2.79. The van der Waals surface area contributed by atoms with Gasteiger partial charge in [0.15, 0.2) is 5.78 Å². The van der Waals surface area contributed by atoms with Crippen molar-refractivity contribution in [2.75, 3.05) is 6.54 Å². The fourth-order valence-electron chi connectivity index (χ4n) is 1.83. The summed E-state index contributed by atoms with van der Waals surface area (Å²) < 4.78 is 0. The number of allylic oxidation sites excluding steroid dienone is 2. The van der Waals surface area contributed by atoms with Crippen LogP contribution >= 0.6 is 0 Å². The second-order valence-corrected chi connectivity index (χ2v) is 3.65. The van der Waals surface area contributed by atoms with Crippen LogP contribution in [0.3, 0.4) is 0 Å². The van der Waals surface area contributed by atoms with E-state index >= 15 is 0 Å². The van der Waals surface area contributed by atoms with Crippen LogP contribution in [0.1, 0.15) is 40.0 Å². The van der Waals surface area contributed by atoms with Crippen molar-refractivity contribution in [3.05, 3.63) is 11.8 Å². The highest BCUT2D eigenvalue weighted by Crippen LogP contribution is 2.22. The van der Waals surface area contributed by atoms with E-state index in [1.165, 1.54) is 5.70 Å². The predicted octanol–water partition coefficient (Wildman–Crippen LogP) is 2.35. The van der Waals surface area contributed by atoms with E-state index in [2.05, 4.69) is 25.7 Å². The number of hydrogen-bond donors (Lipinski definition) is 0. The zero-order valence-corrected chi connectivity index (χ0v) is 8.84. The Balaban J connectivity index is 2.66. The Hall–Kier alpha value is -0.790. The first kappa shape index (κ1) is 10.3. The van der Waals surface area contributed by atoms with Gasteiger partial charge in [0.2, 0.25) is 0 Å². The summed E-state index contributed by atoms with van der Waals surface area (Å²) in [4.78, 5) is 13.4. The molecule has 2 nitrogen and oxygen atoms in total. The van der Waals surface area contributed by atoms with Gasteiger partial charge >= 0.3 is 0 Å². The number of hydrogen-bond acceptors (Lipinski definition) is 2. The van der Waals surface area contributed by atoms with E-state index in [1.54, 1.807) is 0 Å². The molecule has 1 rings (SSSR count). The van der Waals surface area contributed by atoms with Crippen LogP contribution in [-0.2, 0) is 4.79 Å². The smallest absolute Gasteiger partial charge is 0.157 e. The minimum atomic E-state index is 0.289. The van der Waals surface area contributed by atoms with E-state index in [4.69, 9.17) is 0 Å². The van der Waals surface area contributed by atoms with Crippen molar-refractivity contribution in [3.8, 4) is 0 Å². The number of carbonyl (C=O) groups excluding carboxylic acids is 1. The Labute approximate surface area is 80.6 Å². The molecule has 1 atom stereocenters. The molecule has 2 heteroatoms. The molecule has 0 N–H and O–H groups in total. The number of carbonyl (C=O) groups is 1. The molecular formula is C11H19NO. The average molecular weight is 181 g/mol. The summed E-state index contributed by atoms with van der Waals surface area (Å²) in [6, 6.07) is 0.558. The molecule has 1 unspecified atom stereocenters. The maximum Gasteiger partial charge on any atom is 0.157 e. The summed E-state index contributed by atoms with van der Waals surface area (Å²) in [5.74, 6) is 0.289. The molecule has 0 aromatic carbocycles. The highest BCUT2D eigenvalue weighted by Gasteiger charge is 2.19. The number of nitrogens with zero attached hydrogens (tertiary/aromatic N) is 1. The molecule has 0 aromatic heterocycles. The first-order valence-electron chi connectivity index (χ1n) is 5.19. The van der Waals surface area contributed by atoms with Gasteiger partial charge in [0.1, 0.15) is 0 Å². The van der Waals surface area contributed by atoms with Gasteiger partial charge in [-0.2, -0.15) is 0 Å². The molecule has 13 heavy (non-hydrogen) atoms. The molecule has 0 spiro atoms. The Bertz CT molecular complexity index is 220. The van der Waals surface area contributed by atoms with Crippen LogP contribution in [-0.4, -0.2) is 23.3 Å². The predicted molar refractivity (Wildman–Crippen MR) is 54.5 cm³/mol. The van der Waals surface area contributed by atoms with E-state index in [-0.39, 0.29) is 5.78 Å². The third kappa shape index (κ3) is 2.33. The van der Waals surface area contributed by atoms with E-state index in [1.807, 2.05) is 6.08 Å². The fourth-order valence-corrected chi connectivity index (χ4v) is 1.83. The molecule has 0 saturated carbocycles. The topological polar surface area (TPSA) is 20.3 Å². The van der Waals surface area contributed by atoms with Gasteiger partial charge < -0.3 is 4.90 Å². The first-order chi connectivity index (χ1) is 6.19. The summed E-state index contributed by atoms with van der Waals surface area (Å²) in [6.07, 6.45) is 4.61. The zero-order chi connectivity index (χ0) is 9.84. The summed E-state index contributed by atoms with van der Waals surface area (Å²) in [7, 11) is 0. The van der Waals surface area contributed by atoms with Crippen molar-refractivity contribution in [3.63, 3.8) is 0 Å². The lowest BCUT2D eigenvalue weighted by atomic mass is 10.2. The quantitative estimate of drug-likeness (QED) is 0.663. The van der Waals surface area contributed by atoms with Crippen molar-refractivity contribution >= 4 is 5.78 Å². The highest BCUT2D eigenvalue weighted by atomic mass is 16.1. The second kappa shape index (κ2) is 4.45. The molecule has 1 aliphatic rings. The monoisotopic (exact) mass is 181 g/mol. The summed E-state index contributed by atoms with van der Waals surface area (Å²) in [5, 5.41) is 0. The Kier molecular flexibility index (Phi) is 3.52. The lowest BCUT2D eigenvalue weighted by Gasteiger charge is -2.30. The standard InChI is InChI=1S/C11H19NO/c1-4-9(3)12(5-2)10-6-7-11(13)8-10/h8-9H,4-7H2,1-3H3. The van der Waals surface area contributed by atoms with Gasteiger partial charge in [-0.05, 0) is 26.7 Å². The molecule has 0 radical (unpaired) electrons. The van der Waals surface area contributed by atoms with Crippen molar-refractivity contribution in [1.29, 1.82) is 0 Å². The van der Waals surface area contributed by atoms with Crippen molar-refractivity contribution in [2.45, 2.75) is 46.1 Å². The molecule has 0 saturated heterocycles. The van der Waals surface area contributed by atoms with Crippen LogP contribution in [0.5, 0.6) is 0 Å². The maximum atomic E-state index is 11.1. The molecule has 1 aliphatic carbocycles. The van der Waals surface area contributed by atoms with Crippen LogP contribution in [0.25, 0.3) is 0 Å². The summed E-state index contributed by atoms with van der Waals surface area (Å²) in [5.41, 5.74) is 1.24. The largest absolute Gasteiger partial charge is 0.372 e.